The van der Waals surface area contributed by atoms with E-state index in [1.807, 2.05) is 30.3 Å². The third-order valence-electron chi connectivity index (χ3n) is 2.29. The maximum atomic E-state index is 11.4. The van der Waals surface area contributed by atoms with Gasteiger partial charge in [0.25, 0.3) is 0 Å². The first-order valence-corrected chi connectivity index (χ1v) is 6.89. The normalized spacial score (nSPS) is 13.3. The molecule has 1 atom stereocenters. The molecule has 1 aromatic carbocycles. The van der Waals surface area contributed by atoms with Gasteiger partial charge in [0.1, 0.15) is 0 Å². The number of hydrogen-bond donors (Lipinski definition) is 1. The summed E-state index contributed by atoms with van der Waals surface area (Å²) < 4.78 is 25.4. The monoisotopic (exact) mass is 239 g/mol. The van der Waals surface area contributed by atoms with Gasteiger partial charge in [-0.2, -0.15) is 0 Å². The Balaban J connectivity index is 2.67. The van der Waals surface area contributed by atoms with Crippen molar-refractivity contribution >= 4 is 10.0 Å². The van der Waals surface area contributed by atoms with Crippen LogP contribution in [0.15, 0.2) is 43.0 Å². The first-order chi connectivity index (χ1) is 7.57. The molecule has 88 valence electrons. The minimum atomic E-state index is -3.17. The zero-order chi connectivity index (χ0) is 12.0. The average molecular weight is 239 g/mol. The first kappa shape index (κ1) is 12.9. The van der Waals surface area contributed by atoms with Crippen LogP contribution in [0.3, 0.4) is 0 Å². The van der Waals surface area contributed by atoms with E-state index in [2.05, 4.69) is 11.3 Å². The lowest BCUT2D eigenvalue weighted by Crippen LogP contribution is -2.35. The summed E-state index contributed by atoms with van der Waals surface area (Å²) in [7, 11) is -3.17. The van der Waals surface area contributed by atoms with Gasteiger partial charge in [-0.3, -0.25) is 0 Å². The van der Waals surface area contributed by atoms with Gasteiger partial charge in [-0.15, -0.1) is 6.58 Å². The standard InChI is InChI=1S/C12H17NO2S/c1-3-12(13-16(14,15)4-2)10-11-8-6-5-7-9-11/h3,5-9,12-13H,1,4,10H2,2H3/t12-/m1/s1. The van der Waals surface area contributed by atoms with Crippen LogP contribution in [-0.2, 0) is 16.4 Å². The quantitative estimate of drug-likeness (QED) is 0.768. The van der Waals surface area contributed by atoms with E-state index in [-0.39, 0.29) is 11.8 Å². The van der Waals surface area contributed by atoms with Crippen molar-refractivity contribution in [3.8, 4) is 0 Å². The van der Waals surface area contributed by atoms with Gasteiger partial charge in [-0.25, -0.2) is 13.1 Å². The number of sulfonamides is 1. The van der Waals surface area contributed by atoms with Crippen molar-refractivity contribution in [2.75, 3.05) is 5.75 Å². The highest BCUT2D eigenvalue weighted by molar-refractivity contribution is 7.89. The van der Waals surface area contributed by atoms with Crippen LogP contribution in [-0.4, -0.2) is 20.2 Å². The van der Waals surface area contributed by atoms with Crippen LogP contribution in [0, 0.1) is 0 Å². The van der Waals surface area contributed by atoms with E-state index < -0.39 is 10.0 Å². The van der Waals surface area contributed by atoms with E-state index in [9.17, 15) is 8.42 Å². The highest BCUT2D eigenvalue weighted by Crippen LogP contribution is 2.04. The second-order valence-electron chi connectivity index (χ2n) is 3.55. The topological polar surface area (TPSA) is 46.2 Å². The van der Waals surface area contributed by atoms with E-state index in [4.69, 9.17) is 0 Å². The number of hydrogen-bond acceptors (Lipinski definition) is 2. The fraction of sp³-hybridized carbons (Fsp3) is 0.333. The van der Waals surface area contributed by atoms with Gasteiger partial charge in [0.05, 0.1) is 5.75 Å². The molecule has 3 nitrogen and oxygen atoms in total. The second kappa shape index (κ2) is 5.82. The smallest absolute Gasteiger partial charge is 0.211 e. The molecule has 1 N–H and O–H groups in total. The van der Waals surface area contributed by atoms with Crippen LogP contribution in [0.25, 0.3) is 0 Å². The van der Waals surface area contributed by atoms with Crippen molar-refractivity contribution in [2.24, 2.45) is 0 Å². The van der Waals surface area contributed by atoms with Crippen LogP contribution >= 0.6 is 0 Å². The van der Waals surface area contributed by atoms with Crippen molar-refractivity contribution in [2.45, 2.75) is 19.4 Å². The third-order valence-corrected chi connectivity index (χ3v) is 3.72. The largest absolute Gasteiger partial charge is 0.212 e. The van der Waals surface area contributed by atoms with Gasteiger partial charge in [0.15, 0.2) is 0 Å². The van der Waals surface area contributed by atoms with Crippen LogP contribution < -0.4 is 4.72 Å². The predicted molar refractivity (Wildman–Crippen MR) is 66.7 cm³/mol. The molecule has 1 aromatic rings. The molecule has 0 aliphatic carbocycles. The van der Waals surface area contributed by atoms with Crippen molar-refractivity contribution in [3.63, 3.8) is 0 Å². The summed E-state index contributed by atoms with van der Waals surface area (Å²) in [5, 5.41) is 0. The average Bonchev–Trinajstić information content (AvgIpc) is 2.29. The SMILES string of the molecule is C=C[C@H](Cc1ccccc1)NS(=O)(=O)CC. The van der Waals surface area contributed by atoms with E-state index in [1.165, 1.54) is 0 Å². The summed E-state index contributed by atoms with van der Waals surface area (Å²) in [4.78, 5) is 0. The van der Waals surface area contributed by atoms with Gasteiger partial charge in [0.2, 0.25) is 10.0 Å². The summed E-state index contributed by atoms with van der Waals surface area (Å²) in [6.07, 6.45) is 2.25. The van der Waals surface area contributed by atoms with E-state index in [0.29, 0.717) is 6.42 Å². The Bertz CT molecular complexity index is 426. The van der Waals surface area contributed by atoms with E-state index in [1.54, 1.807) is 13.0 Å². The molecule has 0 saturated heterocycles. The highest BCUT2D eigenvalue weighted by Gasteiger charge is 2.13. The summed E-state index contributed by atoms with van der Waals surface area (Å²) in [5.41, 5.74) is 1.09. The lowest BCUT2D eigenvalue weighted by Gasteiger charge is -2.14. The van der Waals surface area contributed by atoms with Crippen LogP contribution in [0.1, 0.15) is 12.5 Å². The molecule has 0 unspecified atom stereocenters. The maximum absolute atomic E-state index is 11.4. The lowest BCUT2D eigenvalue weighted by atomic mass is 10.1. The first-order valence-electron chi connectivity index (χ1n) is 5.24. The molecule has 0 bridgehead atoms. The summed E-state index contributed by atoms with van der Waals surface area (Å²) in [5.74, 6) is 0.0894. The fourth-order valence-electron chi connectivity index (χ4n) is 1.36. The molecule has 4 heteroatoms. The van der Waals surface area contributed by atoms with Crippen molar-refractivity contribution in [3.05, 3.63) is 48.6 Å². The molecule has 0 aliphatic rings. The number of benzene rings is 1. The Labute approximate surface area is 97.2 Å². The zero-order valence-corrected chi connectivity index (χ0v) is 10.2. The Morgan fingerprint density at radius 1 is 1.38 bits per heavy atom. The van der Waals surface area contributed by atoms with Crippen LogP contribution in [0.5, 0.6) is 0 Å². The molecule has 0 spiro atoms. The van der Waals surface area contributed by atoms with Crippen molar-refractivity contribution < 1.29 is 8.42 Å². The van der Waals surface area contributed by atoms with Crippen molar-refractivity contribution in [1.29, 1.82) is 0 Å². The zero-order valence-electron chi connectivity index (χ0n) is 9.39. The fourth-order valence-corrected chi connectivity index (χ4v) is 2.16. The minimum absolute atomic E-state index is 0.0894. The molecule has 1 rings (SSSR count). The Morgan fingerprint density at radius 3 is 2.50 bits per heavy atom. The van der Waals surface area contributed by atoms with Crippen LogP contribution in [0.2, 0.25) is 0 Å². The molecule has 0 saturated carbocycles. The highest BCUT2D eigenvalue weighted by atomic mass is 32.2. The molecule has 0 fully saturated rings. The minimum Gasteiger partial charge on any atom is -0.212 e. The Kier molecular flexibility index (Phi) is 4.71. The number of nitrogens with one attached hydrogen (secondary N) is 1. The van der Waals surface area contributed by atoms with Gasteiger partial charge in [-0.05, 0) is 18.9 Å². The molecular weight excluding hydrogens is 222 g/mol. The summed E-state index contributed by atoms with van der Waals surface area (Å²) >= 11 is 0. The van der Waals surface area contributed by atoms with Crippen LogP contribution in [0.4, 0.5) is 0 Å². The van der Waals surface area contributed by atoms with Gasteiger partial charge in [0, 0.05) is 6.04 Å². The lowest BCUT2D eigenvalue weighted by molar-refractivity contribution is 0.571. The molecule has 0 radical (unpaired) electrons. The number of rotatable bonds is 6. The van der Waals surface area contributed by atoms with Gasteiger partial charge < -0.3 is 0 Å². The maximum Gasteiger partial charge on any atom is 0.211 e. The molecule has 16 heavy (non-hydrogen) atoms. The summed E-state index contributed by atoms with van der Waals surface area (Å²) in [6, 6.07) is 9.50. The Morgan fingerprint density at radius 2 is 2.00 bits per heavy atom. The molecular formula is C12H17NO2S. The third kappa shape index (κ3) is 4.16. The molecule has 0 amide bonds. The van der Waals surface area contributed by atoms with E-state index >= 15 is 0 Å². The Hall–Kier alpha value is -1.13. The molecule has 0 heterocycles. The molecule has 0 aromatic heterocycles. The second-order valence-corrected chi connectivity index (χ2v) is 5.60. The summed E-state index contributed by atoms with van der Waals surface area (Å²) in [6.45, 7) is 5.26. The van der Waals surface area contributed by atoms with Gasteiger partial charge >= 0.3 is 0 Å². The molecule has 0 aliphatic heterocycles. The van der Waals surface area contributed by atoms with Crippen molar-refractivity contribution in [1.82, 2.24) is 4.72 Å². The van der Waals surface area contributed by atoms with Gasteiger partial charge in [-0.1, -0.05) is 36.4 Å². The van der Waals surface area contributed by atoms with E-state index in [0.717, 1.165) is 5.56 Å². The predicted octanol–water partition coefficient (Wildman–Crippen LogP) is 1.72.